The molecule has 0 aliphatic carbocycles. The van der Waals surface area contributed by atoms with Crippen LogP contribution in [0.5, 0.6) is 5.75 Å². The maximum Gasteiger partial charge on any atom is 0.179 e. The van der Waals surface area contributed by atoms with E-state index in [0.717, 1.165) is 11.3 Å². The van der Waals surface area contributed by atoms with Crippen molar-refractivity contribution in [1.29, 1.82) is 0 Å². The van der Waals surface area contributed by atoms with Crippen molar-refractivity contribution in [2.24, 2.45) is 0 Å². The number of rotatable bonds is 5. The first-order valence-corrected chi connectivity index (χ1v) is 6.85. The number of carbonyl (C=O) groups is 1. The second kappa shape index (κ2) is 6.02. The molecule has 0 N–H and O–H groups in total. The van der Waals surface area contributed by atoms with Crippen LogP contribution in [0.15, 0.2) is 36.7 Å². The Labute approximate surface area is 120 Å². The number of benzene rings is 1. The highest BCUT2D eigenvalue weighted by atomic mass is 79.9. The molecule has 2 aromatic rings. The molecular weight excluding hydrogens is 308 g/mol. The van der Waals surface area contributed by atoms with Crippen molar-refractivity contribution >= 4 is 21.7 Å². The summed E-state index contributed by atoms with van der Waals surface area (Å²) in [7, 11) is 1.64. The Bertz CT molecular complexity index is 561. The largest absolute Gasteiger partial charge is 0.497 e. The molecule has 0 saturated heterocycles. The van der Waals surface area contributed by atoms with E-state index in [-0.39, 0.29) is 10.6 Å². The molecule has 5 heteroatoms. The first-order chi connectivity index (χ1) is 9.10. The van der Waals surface area contributed by atoms with Gasteiger partial charge in [0, 0.05) is 6.20 Å². The fourth-order valence-electron chi connectivity index (χ4n) is 1.72. The van der Waals surface area contributed by atoms with E-state index in [0.29, 0.717) is 12.1 Å². The number of hydrogen-bond acceptors (Lipinski definition) is 3. The number of Topliss-reactive ketones (excluding diaryl/α,β-unsaturated/α-hetero) is 1. The molecule has 2 rings (SSSR count). The lowest BCUT2D eigenvalue weighted by molar-refractivity contribution is 0.0996. The van der Waals surface area contributed by atoms with E-state index in [1.54, 1.807) is 24.2 Å². The monoisotopic (exact) mass is 322 g/mol. The summed E-state index contributed by atoms with van der Waals surface area (Å²) in [6, 6.07) is 7.78. The summed E-state index contributed by atoms with van der Waals surface area (Å²) in [6.45, 7) is 2.44. The summed E-state index contributed by atoms with van der Waals surface area (Å²) >= 11 is 3.27. The number of aromatic nitrogens is 2. The third kappa shape index (κ3) is 3.44. The molecule has 0 saturated carbocycles. The molecule has 1 atom stereocenters. The molecule has 1 unspecified atom stereocenters. The van der Waals surface area contributed by atoms with Crippen LogP contribution < -0.4 is 4.74 Å². The van der Waals surface area contributed by atoms with Crippen molar-refractivity contribution in [2.75, 3.05) is 7.11 Å². The van der Waals surface area contributed by atoms with Crippen LogP contribution in [0, 0.1) is 0 Å². The summed E-state index contributed by atoms with van der Waals surface area (Å²) in [5.74, 6) is 0.870. The van der Waals surface area contributed by atoms with Crippen LogP contribution in [0.25, 0.3) is 0 Å². The highest BCUT2D eigenvalue weighted by Crippen LogP contribution is 2.13. The smallest absolute Gasteiger partial charge is 0.179 e. The minimum Gasteiger partial charge on any atom is -0.497 e. The van der Waals surface area contributed by atoms with Gasteiger partial charge in [-0.3, -0.25) is 9.48 Å². The van der Waals surface area contributed by atoms with Gasteiger partial charge in [-0.05, 0) is 24.6 Å². The zero-order valence-electron chi connectivity index (χ0n) is 10.8. The molecule has 1 heterocycles. The van der Waals surface area contributed by atoms with Gasteiger partial charge in [0.15, 0.2) is 5.78 Å². The Hall–Kier alpha value is -1.62. The summed E-state index contributed by atoms with van der Waals surface area (Å²) in [6.07, 6.45) is 3.37. The molecule has 4 nitrogen and oxygen atoms in total. The second-order valence-electron chi connectivity index (χ2n) is 4.25. The van der Waals surface area contributed by atoms with Crippen molar-refractivity contribution < 1.29 is 9.53 Å². The zero-order valence-corrected chi connectivity index (χ0v) is 12.4. The lowest BCUT2D eigenvalue weighted by Gasteiger charge is -2.03. The first kappa shape index (κ1) is 13.8. The number of alkyl halides is 1. The highest BCUT2D eigenvalue weighted by Gasteiger charge is 2.13. The summed E-state index contributed by atoms with van der Waals surface area (Å²) in [5, 5.41) is 4.20. The van der Waals surface area contributed by atoms with Gasteiger partial charge in [0.05, 0.1) is 30.2 Å². The number of carbonyl (C=O) groups excluding carboxylic acids is 1. The van der Waals surface area contributed by atoms with E-state index >= 15 is 0 Å². The van der Waals surface area contributed by atoms with Crippen LogP contribution in [0.1, 0.15) is 22.8 Å². The summed E-state index contributed by atoms with van der Waals surface area (Å²) < 4.78 is 6.86. The van der Waals surface area contributed by atoms with Crippen LogP contribution in [-0.4, -0.2) is 27.5 Å². The van der Waals surface area contributed by atoms with Crippen molar-refractivity contribution in [2.45, 2.75) is 18.3 Å². The maximum atomic E-state index is 11.8. The van der Waals surface area contributed by atoms with Crippen molar-refractivity contribution in [3.63, 3.8) is 0 Å². The predicted molar refractivity (Wildman–Crippen MR) is 77.0 cm³/mol. The fourth-order valence-corrected chi connectivity index (χ4v) is 1.99. The molecule has 0 amide bonds. The molecule has 0 aliphatic rings. The quantitative estimate of drug-likeness (QED) is 0.628. The molecule has 0 aliphatic heterocycles. The Kier molecular flexibility index (Phi) is 4.37. The Morgan fingerprint density at radius 3 is 2.68 bits per heavy atom. The Morgan fingerprint density at radius 2 is 2.11 bits per heavy atom. The highest BCUT2D eigenvalue weighted by molar-refractivity contribution is 9.10. The molecule has 0 radical (unpaired) electrons. The molecule has 0 fully saturated rings. The van der Waals surface area contributed by atoms with E-state index in [4.69, 9.17) is 4.74 Å². The van der Waals surface area contributed by atoms with Gasteiger partial charge in [0.2, 0.25) is 0 Å². The number of methoxy groups -OCH3 is 1. The number of halogens is 1. The molecule has 1 aromatic heterocycles. The van der Waals surface area contributed by atoms with Crippen molar-refractivity contribution in [3.8, 4) is 5.75 Å². The maximum absolute atomic E-state index is 11.8. The lowest BCUT2D eigenvalue weighted by Crippen LogP contribution is -2.09. The predicted octanol–water partition coefficient (Wildman–Crippen LogP) is 2.91. The van der Waals surface area contributed by atoms with Crippen molar-refractivity contribution in [1.82, 2.24) is 9.78 Å². The van der Waals surface area contributed by atoms with Gasteiger partial charge < -0.3 is 4.74 Å². The van der Waals surface area contributed by atoms with Gasteiger partial charge in [-0.15, -0.1) is 0 Å². The number of nitrogens with zero attached hydrogens (tertiary/aromatic N) is 2. The van der Waals surface area contributed by atoms with E-state index in [2.05, 4.69) is 21.0 Å². The molecule has 1 aromatic carbocycles. The van der Waals surface area contributed by atoms with E-state index in [1.165, 1.54) is 0 Å². The summed E-state index contributed by atoms with van der Waals surface area (Å²) in [5.41, 5.74) is 1.73. The summed E-state index contributed by atoms with van der Waals surface area (Å²) in [4.78, 5) is 11.6. The van der Waals surface area contributed by atoms with Gasteiger partial charge in [-0.1, -0.05) is 28.1 Å². The van der Waals surface area contributed by atoms with Crippen LogP contribution in [0.3, 0.4) is 0 Å². The Balaban J connectivity index is 2.09. The molecule has 0 bridgehead atoms. The van der Waals surface area contributed by atoms with Gasteiger partial charge in [-0.25, -0.2) is 0 Å². The molecule has 100 valence electrons. The number of ketones is 1. The zero-order chi connectivity index (χ0) is 13.8. The van der Waals surface area contributed by atoms with Gasteiger partial charge in [0.25, 0.3) is 0 Å². The molecule has 0 spiro atoms. The average molecular weight is 323 g/mol. The van der Waals surface area contributed by atoms with E-state index < -0.39 is 0 Å². The van der Waals surface area contributed by atoms with Gasteiger partial charge >= 0.3 is 0 Å². The van der Waals surface area contributed by atoms with Crippen LogP contribution >= 0.6 is 15.9 Å². The average Bonchev–Trinajstić information content (AvgIpc) is 2.87. The second-order valence-corrected chi connectivity index (χ2v) is 5.63. The third-order valence-corrected chi connectivity index (χ3v) is 3.20. The first-order valence-electron chi connectivity index (χ1n) is 5.94. The fraction of sp³-hybridized carbons (Fsp3) is 0.286. The SMILES string of the molecule is COc1ccc(Cn2cc(C(=O)C(C)Br)cn2)cc1. The molecular formula is C14H15BrN2O2. The third-order valence-electron chi connectivity index (χ3n) is 2.78. The molecule has 19 heavy (non-hydrogen) atoms. The lowest BCUT2D eigenvalue weighted by atomic mass is 10.2. The van der Waals surface area contributed by atoms with E-state index in [9.17, 15) is 4.79 Å². The van der Waals surface area contributed by atoms with Crippen LogP contribution in [0.4, 0.5) is 0 Å². The van der Waals surface area contributed by atoms with Gasteiger partial charge in [-0.2, -0.15) is 5.10 Å². The van der Waals surface area contributed by atoms with Crippen LogP contribution in [-0.2, 0) is 6.54 Å². The number of ether oxygens (including phenoxy) is 1. The minimum absolute atomic E-state index is 0.0426. The Morgan fingerprint density at radius 1 is 1.42 bits per heavy atom. The van der Waals surface area contributed by atoms with E-state index in [1.807, 2.05) is 31.2 Å². The van der Waals surface area contributed by atoms with Crippen molar-refractivity contribution in [3.05, 3.63) is 47.8 Å². The normalized spacial score (nSPS) is 12.2. The topological polar surface area (TPSA) is 44.1 Å². The van der Waals surface area contributed by atoms with Crippen LogP contribution in [0.2, 0.25) is 0 Å². The minimum atomic E-state index is -0.189. The number of hydrogen-bond donors (Lipinski definition) is 0. The van der Waals surface area contributed by atoms with Gasteiger partial charge in [0.1, 0.15) is 5.75 Å². The standard InChI is InChI=1S/C14H15BrN2O2/c1-10(15)14(18)12-7-16-17(9-12)8-11-3-5-13(19-2)6-4-11/h3-7,9-10H,8H2,1-2H3.